The molecule has 1 fully saturated rings. The van der Waals surface area contributed by atoms with Gasteiger partial charge in [-0.1, -0.05) is 15.9 Å². The van der Waals surface area contributed by atoms with Crippen molar-refractivity contribution in [1.29, 1.82) is 0 Å². The first-order chi connectivity index (χ1) is 11.9. The van der Waals surface area contributed by atoms with Gasteiger partial charge >= 0.3 is 0 Å². The second-order valence-corrected chi connectivity index (χ2v) is 6.71. The third-order valence-electron chi connectivity index (χ3n) is 4.03. The minimum absolute atomic E-state index is 0.152. The fraction of sp³-hybridized carbons (Fsp3) is 0.471. The molecular weight excluding hydrogens is 390 g/mol. The summed E-state index contributed by atoms with van der Waals surface area (Å²) in [5, 5.41) is 5.13. The number of rotatable bonds is 6. The summed E-state index contributed by atoms with van der Waals surface area (Å²) in [6, 6.07) is 6.67. The van der Waals surface area contributed by atoms with E-state index in [1.54, 1.807) is 26.1 Å². The number of ether oxygens (including phenoxy) is 1. The van der Waals surface area contributed by atoms with Crippen molar-refractivity contribution in [3.05, 3.63) is 28.7 Å². The van der Waals surface area contributed by atoms with Crippen LogP contribution in [0.1, 0.15) is 19.8 Å². The molecule has 1 aliphatic rings. The van der Waals surface area contributed by atoms with E-state index in [-0.39, 0.29) is 24.3 Å². The highest BCUT2D eigenvalue weighted by molar-refractivity contribution is 9.10. The number of hydrogen-bond acceptors (Lipinski definition) is 4. The molecule has 1 aromatic rings. The highest BCUT2D eigenvalue weighted by atomic mass is 79.9. The van der Waals surface area contributed by atoms with Crippen LogP contribution >= 0.6 is 15.9 Å². The first-order valence-electron chi connectivity index (χ1n) is 8.13. The van der Waals surface area contributed by atoms with Crippen LogP contribution in [0.4, 0.5) is 0 Å². The predicted molar refractivity (Wildman–Crippen MR) is 96.0 cm³/mol. The minimum Gasteiger partial charge on any atom is -0.481 e. The molecular formula is C17H22BrN3O4. The zero-order valence-electron chi connectivity index (χ0n) is 14.3. The summed E-state index contributed by atoms with van der Waals surface area (Å²) in [7, 11) is 1.55. The van der Waals surface area contributed by atoms with Gasteiger partial charge in [0.05, 0.1) is 6.54 Å². The Morgan fingerprint density at radius 2 is 2.00 bits per heavy atom. The van der Waals surface area contributed by atoms with E-state index in [1.807, 2.05) is 12.1 Å². The van der Waals surface area contributed by atoms with Gasteiger partial charge < -0.3 is 20.3 Å². The lowest BCUT2D eigenvalue weighted by Gasteiger charge is -2.24. The van der Waals surface area contributed by atoms with Crippen molar-refractivity contribution in [2.24, 2.45) is 0 Å². The molecule has 2 atom stereocenters. The van der Waals surface area contributed by atoms with E-state index in [4.69, 9.17) is 4.74 Å². The summed E-state index contributed by atoms with van der Waals surface area (Å²) in [6.45, 7) is 1.99. The van der Waals surface area contributed by atoms with Gasteiger partial charge in [0.25, 0.3) is 5.91 Å². The molecule has 1 saturated heterocycles. The fourth-order valence-corrected chi connectivity index (χ4v) is 2.95. The summed E-state index contributed by atoms with van der Waals surface area (Å²) in [6.07, 6.45) is 0.686. The molecule has 0 saturated carbocycles. The monoisotopic (exact) mass is 411 g/mol. The first kappa shape index (κ1) is 19.2. The lowest BCUT2D eigenvalue weighted by Crippen LogP contribution is -2.49. The third kappa shape index (κ3) is 5.19. The smallest absolute Gasteiger partial charge is 0.261 e. The maximum atomic E-state index is 12.3. The van der Waals surface area contributed by atoms with Crippen molar-refractivity contribution in [2.75, 3.05) is 20.1 Å². The molecule has 0 radical (unpaired) electrons. The number of nitrogens with one attached hydrogen (secondary N) is 2. The molecule has 0 spiro atoms. The molecule has 1 heterocycles. The normalized spacial score (nSPS) is 17.7. The summed E-state index contributed by atoms with van der Waals surface area (Å²) >= 11 is 3.33. The molecule has 7 nitrogen and oxygen atoms in total. The summed E-state index contributed by atoms with van der Waals surface area (Å²) in [5.74, 6) is -0.261. The SMILES string of the molecule is CNC(=O)C1CCCN1C(=O)CNC(=O)C(C)Oc1ccc(Br)cc1. The van der Waals surface area contributed by atoms with E-state index in [0.29, 0.717) is 18.7 Å². The number of carbonyl (C=O) groups is 3. The second-order valence-electron chi connectivity index (χ2n) is 5.79. The Balaban J connectivity index is 1.83. The molecule has 2 N–H and O–H groups in total. The van der Waals surface area contributed by atoms with Crippen LogP contribution in [0, 0.1) is 0 Å². The molecule has 2 rings (SSSR count). The van der Waals surface area contributed by atoms with E-state index in [0.717, 1.165) is 10.9 Å². The van der Waals surface area contributed by atoms with Crippen molar-refractivity contribution >= 4 is 33.7 Å². The standard InChI is InChI=1S/C17H22BrN3O4/c1-11(25-13-7-5-12(18)6-8-13)16(23)20-10-15(22)21-9-3-4-14(21)17(24)19-2/h5-8,11,14H,3-4,9-10H2,1-2H3,(H,19,24)(H,20,23). The van der Waals surface area contributed by atoms with Gasteiger partial charge in [-0.2, -0.15) is 0 Å². The lowest BCUT2D eigenvalue weighted by atomic mass is 10.2. The van der Waals surface area contributed by atoms with Gasteiger partial charge in [0.1, 0.15) is 11.8 Å². The molecule has 8 heteroatoms. The molecule has 0 aliphatic carbocycles. The Morgan fingerprint density at radius 3 is 2.64 bits per heavy atom. The van der Waals surface area contributed by atoms with Crippen LogP contribution in [0.5, 0.6) is 5.75 Å². The summed E-state index contributed by atoms with van der Waals surface area (Å²) in [4.78, 5) is 37.7. The number of halogens is 1. The number of amides is 3. The maximum absolute atomic E-state index is 12.3. The van der Waals surface area contributed by atoms with Gasteiger partial charge in [-0.3, -0.25) is 14.4 Å². The average molecular weight is 412 g/mol. The van der Waals surface area contributed by atoms with Crippen molar-refractivity contribution < 1.29 is 19.1 Å². The minimum atomic E-state index is -0.734. The van der Waals surface area contributed by atoms with Crippen molar-refractivity contribution in [3.8, 4) is 5.75 Å². The Bertz CT molecular complexity index is 635. The van der Waals surface area contributed by atoms with E-state index in [2.05, 4.69) is 26.6 Å². The van der Waals surface area contributed by atoms with Gasteiger partial charge in [0, 0.05) is 18.1 Å². The Labute approximate surface area is 155 Å². The molecule has 136 valence electrons. The molecule has 0 bridgehead atoms. The Hall–Kier alpha value is -2.09. The van der Waals surface area contributed by atoms with E-state index < -0.39 is 12.1 Å². The van der Waals surface area contributed by atoms with Crippen molar-refractivity contribution in [2.45, 2.75) is 31.9 Å². The van der Waals surface area contributed by atoms with E-state index in [1.165, 1.54) is 4.90 Å². The molecule has 1 aliphatic heterocycles. The summed E-state index contributed by atoms with van der Waals surface area (Å²) < 4.78 is 6.46. The molecule has 2 unspecified atom stereocenters. The predicted octanol–water partition coefficient (Wildman–Crippen LogP) is 1.07. The largest absolute Gasteiger partial charge is 0.481 e. The number of likely N-dealkylation sites (tertiary alicyclic amines) is 1. The van der Waals surface area contributed by atoms with Crippen LogP contribution in [-0.2, 0) is 14.4 Å². The molecule has 1 aromatic carbocycles. The number of benzene rings is 1. The number of hydrogen-bond donors (Lipinski definition) is 2. The Morgan fingerprint density at radius 1 is 1.32 bits per heavy atom. The quantitative estimate of drug-likeness (QED) is 0.732. The second kappa shape index (κ2) is 8.84. The van der Waals surface area contributed by atoms with Gasteiger partial charge in [-0.25, -0.2) is 0 Å². The molecule has 25 heavy (non-hydrogen) atoms. The maximum Gasteiger partial charge on any atom is 0.261 e. The number of likely N-dealkylation sites (N-methyl/N-ethyl adjacent to an activating group) is 1. The topological polar surface area (TPSA) is 87.7 Å². The highest BCUT2D eigenvalue weighted by Crippen LogP contribution is 2.18. The lowest BCUT2D eigenvalue weighted by molar-refractivity contribution is -0.139. The zero-order chi connectivity index (χ0) is 18.4. The van der Waals surface area contributed by atoms with E-state index >= 15 is 0 Å². The molecule has 3 amide bonds. The first-order valence-corrected chi connectivity index (χ1v) is 8.92. The highest BCUT2D eigenvalue weighted by Gasteiger charge is 2.33. The number of nitrogens with zero attached hydrogens (tertiary/aromatic N) is 1. The van der Waals surface area contributed by atoms with Gasteiger partial charge in [-0.05, 0) is 44.0 Å². The fourth-order valence-electron chi connectivity index (χ4n) is 2.68. The Kier molecular flexibility index (Phi) is 6.81. The van der Waals surface area contributed by atoms with Crippen LogP contribution in [0.3, 0.4) is 0 Å². The molecule has 0 aromatic heterocycles. The van der Waals surface area contributed by atoms with Crippen LogP contribution in [0.25, 0.3) is 0 Å². The van der Waals surface area contributed by atoms with E-state index in [9.17, 15) is 14.4 Å². The van der Waals surface area contributed by atoms with Gasteiger partial charge in [0.15, 0.2) is 6.10 Å². The third-order valence-corrected chi connectivity index (χ3v) is 4.56. The summed E-state index contributed by atoms with van der Waals surface area (Å²) in [5.41, 5.74) is 0. The average Bonchev–Trinajstić information content (AvgIpc) is 3.10. The van der Waals surface area contributed by atoms with Gasteiger partial charge in [0.2, 0.25) is 11.8 Å². The number of carbonyl (C=O) groups excluding carboxylic acids is 3. The van der Waals surface area contributed by atoms with Crippen LogP contribution in [0.15, 0.2) is 28.7 Å². The van der Waals surface area contributed by atoms with Crippen LogP contribution in [-0.4, -0.2) is 54.9 Å². The van der Waals surface area contributed by atoms with Crippen LogP contribution < -0.4 is 15.4 Å². The van der Waals surface area contributed by atoms with Gasteiger partial charge in [-0.15, -0.1) is 0 Å². The zero-order valence-corrected chi connectivity index (χ0v) is 15.8. The van der Waals surface area contributed by atoms with Crippen molar-refractivity contribution in [1.82, 2.24) is 15.5 Å². The van der Waals surface area contributed by atoms with Crippen LogP contribution in [0.2, 0.25) is 0 Å². The van der Waals surface area contributed by atoms with Crippen molar-refractivity contribution in [3.63, 3.8) is 0 Å².